The van der Waals surface area contributed by atoms with Crippen molar-refractivity contribution in [3.63, 3.8) is 0 Å². The number of aryl methyl sites for hydroxylation is 1. The van der Waals surface area contributed by atoms with Crippen molar-refractivity contribution in [1.29, 1.82) is 0 Å². The Bertz CT molecular complexity index is 1360. The van der Waals surface area contributed by atoms with E-state index < -0.39 is 11.9 Å². The summed E-state index contributed by atoms with van der Waals surface area (Å²) in [6, 6.07) is 19.3. The molecule has 2 aromatic heterocycles. The summed E-state index contributed by atoms with van der Waals surface area (Å²) >= 11 is 0. The van der Waals surface area contributed by atoms with Crippen LogP contribution in [-0.4, -0.2) is 23.5 Å². The van der Waals surface area contributed by atoms with Crippen molar-refractivity contribution in [3.05, 3.63) is 95.2 Å². The Kier molecular flexibility index (Phi) is 6.07. The van der Waals surface area contributed by atoms with Crippen LogP contribution in [-0.2, 0) is 4.74 Å². The zero-order valence-corrected chi connectivity index (χ0v) is 17.7. The summed E-state index contributed by atoms with van der Waals surface area (Å²) in [7, 11) is 0. The van der Waals surface area contributed by atoms with Crippen LogP contribution in [0.2, 0.25) is 0 Å². The minimum atomic E-state index is -0.441. The van der Waals surface area contributed by atoms with Crippen molar-refractivity contribution in [2.75, 3.05) is 11.9 Å². The first-order valence-electron chi connectivity index (χ1n) is 10.1. The highest BCUT2D eigenvalue weighted by Gasteiger charge is 2.14. The molecule has 4 aromatic rings. The number of aromatic nitrogens is 1. The van der Waals surface area contributed by atoms with Crippen molar-refractivity contribution in [2.45, 2.75) is 13.8 Å². The second-order valence-electron chi connectivity index (χ2n) is 7.06. The summed E-state index contributed by atoms with van der Waals surface area (Å²) in [6.45, 7) is 3.94. The number of nitrogens with one attached hydrogen (secondary N) is 1. The zero-order valence-electron chi connectivity index (χ0n) is 17.7. The molecule has 0 radical (unpaired) electrons. The van der Waals surface area contributed by atoms with Gasteiger partial charge in [-0.15, -0.1) is 0 Å². The topological polar surface area (TPSA) is 93.8 Å². The van der Waals surface area contributed by atoms with E-state index in [0.29, 0.717) is 22.7 Å². The lowest BCUT2D eigenvalue weighted by Crippen LogP contribution is -2.22. The molecule has 0 aliphatic carbocycles. The molecule has 0 fully saturated rings. The Morgan fingerprint density at radius 2 is 1.91 bits per heavy atom. The summed E-state index contributed by atoms with van der Waals surface area (Å²) in [6.07, 6.45) is 1.67. The van der Waals surface area contributed by atoms with Gasteiger partial charge in [0.25, 0.3) is 5.91 Å². The van der Waals surface area contributed by atoms with Crippen molar-refractivity contribution in [2.24, 2.45) is 4.99 Å². The maximum atomic E-state index is 13.1. The normalized spacial score (nSPS) is 11.4. The number of benzene rings is 2. The Hall–Kier alpha value is -4.26. The van der Waals surface area contributed by atoms with E-state index in [9.17, 15) is 9.59 Å². The average Bonchev–Trinajstić information content (AvgIpc) is 2.80. The van der Waals surface area contributed by atoms with E-state index in [2.05, 4.69) is 15.3 Å². The maximum absolute atomic E-state index is 13.1. The summed E-state index contributed by atoms with van der Waals surface area (Å²) in [5.74, 6) is -0.427. The molecule has 160 valence electrons. The SMILES string of the molecule is CCOC(=O)c1cccc(N=c2oc3ccccc3cc2C(=O)Nc2ccc(C)cn2)c1. The minimum absolute atomic E-state index is 0.120. The highest BCUT2D eigenvalue weighted by molar-refractivity contribution is 6.05. The molecule has 2 aromatic carbocycles. The van der Waals surface area contributed by atoms with Crippen molar-refractivity contribution >= 4 is 34.4 Å². The van der Waals surface area contributed by atoms with Gasteiger partial charge < -0.3 is 14.5 Å². The van der Waals surface area contributed by atoms with Crippen LogP contribution in [0.4, 0.5) is 11.5 Å². The molecule has 1 amide bonds. The fraction of sp³-hybridized carbons (Fsp3) is 0.120. The largest absolute Gasteiger partial charge is 0.462 e. The van der Waals surface area contributed by atoms with Crippen LogP contribution in [0.25, 0.3) is 11.0 Å². The molecule has 0 saturated heterocycles. The van der Waals surface area contributed by atoms with Gasteiger partial charge in [-0.2, -0.15) is 0 Å². The molecule has 2 heterocycles. The first-order chi connectivity index (χ1) is 15.5. The number of anilines is 1. The average molecular weight is 427 g/mol. The molecule has 0 saturated carbocycles. The van der Waals surface area contributed by atoms with E-state index in [1.54, 1.807) is 55.6 Å². The van der Waals surface area contributed by atoms with Crippen LogP contribution in [0.15, 0.2) is 82.3 Å². The number of nitrogens with zero attached hydrogens (tertiary/aromatic N) is 2. The van der Waals surface area contributed by atoms with Gasteiger partial charge in [-0.05, 0) is 55.8 Å². The second-order valence-corrected chi connectivity index (χ2v) is 7.06. The molecule has 4 rings (SSSR count). The Balaban J connectivity index is 1.79. The molecule has 7 heteroatoms. The maximum Gasteiger partial charge on any atom is 0.338 e. The van der Waals surface area contributed by atoms with Gasteiger partial charge in [0.15, 0.2) is 0 Å². The quantitative estimate of drug-likeness (QED) is 0.462. The monoisotopic (exact) mass is 427 g/mol. The number of pyridine rings is 1. The van der Waals surface area contributed by atoms with Crippen molar-refractivity contribution in [3.8, 4) is 0 Å². The standard InChI is InChI=1S/C25H21N3O4/c1-3-31-25(30)18-8-6-9-19(13-18)27-24-20(14-17-7-4-5-10-21(17)32-24)23(29)28-22-12-11-16(2)15-26-22/h4-15H,3H2,1-2H3,(H,26,28,29). The molecule has 0 unspecified atom stereocenters. The van der Waals surface area contributed by atoms with Gasteiger partial charge in [0.1, 0.15) is 17.0 Å². The van der Waals surface area contributed by atoms with E-state index in [4.69, 9.17) is 9.15 Å². The van der Waals surface area contributed by atoms with Crippen LogP contribution >= 0.6 is 0 Å². The fourth-order valence-electron chi connectivity index (χ4n) is 3.07. The number of rotatable bonds is 5. The molecule has 0 aliphatic rings. The number of carbonyl (C=O) groups is 2. The summed E-state index contributed by atoms with van der Waals surface area (Å²) in [5, 5.41) is 3.54. The number of hydrogen-bond acceptors (Lipinski definition) is 6. The van der Waals surface area contributed by atoms with E-state index in [-0.39, 0.29) is 17.7 Å². The van der Waals surface area contributed by atoms with Crippen LogP contribution in [0.3, 0.4) is 0 Å². The van der Waals surface area contributed by atoms with Gasteiger partial charge >= 0.3 is 5.97 Å². The molecule has 0 atom stereocenters. The first-order valence-corrected chi connectivity index (χ1v) is 10.1. The molecular weight excluding hydrogens is 406 g/mol. The molecule has 32 heavy (non-hydrogen) atoms. The summed E-state index contributed by atoms with van der Waals surface area (Å²) in [5.41, 5.74) is 2.75. The van der Waals surface area contributed by atoms with Crippen LogP contribution in [0.1, 0.15) is 33.2 Å². The predicted octanol–water partition coefficient (Wildman–Crippen LogP) is 4.80. The van der Waals surface area contributed by atoms with Crippen LogP contribution < -0.4 is 10.9 Å². The summed E-state index contributed by atoms with van der Waals surface area (Å²) < 4.78 is 11.0. The predicted molar refractivity (Wildman–Crippen MR) is 121 cm³/mol. The molecule has 7 nitrogen and oxygen atoms in total. The molecule has 0 spiro atoms. The number of fused-ring (bicyclic) bond motifs is 1. The molecule has 0 aliphatic heterocycles. The van der Waals surface area contributed by atoms with Crippen LogP contribution in [0.5, 0.6) is 0 Å². The lowest BCUT2D eigenvalue weighted by Gasteiger charge is -2.07. The molecule has 1 N–H and O–H groups in total. The van der Waals surface area contributed by atoms with Gasteiger partial charge in [-0.3, -0.25) is 4.79 Å². The number of esters is 1. The first kappa shape index (κ1) is 21.0. The Labute approximate surface area is 184 Å². The third-order valence-corrected chi connectivity index (χ3v) is 4.64. The van der Waals surface area contributed by atoms with E-state index >= 15 is 0 Å². The van der Waals surface area contributed by atoms with E-state index in [0.717, 1.165) is 10.9 Å². The van der Waals surface area contributed by atoms with Gasteiger partial charge in [-0.1, -0.05) is 30.3 Å². The van der Waals surface area contributed by atoms with E-state index in [1.807, 2.05) is 31.2 Å². The van der Waals surface area contributed by atoms with E-state index in [1.165, 1.54) is 0 Å². The van der Waals surface area contributed by atoms with Gasteiger partial charge in [-0.25, -0.2) is 14.8 Å². The highest BCUT2D eigenvalue weighted by atomic mass is 16.5. The fourth-order valence-corrected chi connectivity index (χ4v) is 3.07. The second kappa shape index (κ2) is 9.26. The van der Waals surface area contributed by atoms with Gasteiger partial charge in [0, 0.05) is 11.6 Å². The molecule has 0 bridgehead atoms. The molecular formula is C25H21N3O4. The zero-order chi connectivity index (χ0) is 22.5. The van der Waals surface area contributed by atoms with Gasteiger partial charge in [0.2, 0.25) is 5.55 Å². The smallest absolute Gasteiger partial charge is 0.338 e. The summed E-state index contributed by atoms with van der Waals surface area (Å²) in [4.78, 5) is 33.9. The Morgan fingerprint density at radius 1 is 1.06 bits per heavy atom. The minimum Gasteiger partial charge on any atom is -0.462 e. The lowest BCUT2D eigenvalue weighted by molar-refractivity contribution is 0.0526. The van der Waals surface area contributed by atoms with Crippen LogP contribution in [0, 0.1) is 6.92 Å². The van der Waals surface area contributed by atoms with Crippen molar-refractivity contribution < 1.29 is 18.7 Å². The third-order valence-electron chi connectivity index (χ3n) is 4.64. The Morgan fingerprint density at radius 3 is 2.69 bits per heavy atom. The highest BCUT2D eigenvalue weighted by Crippen LogP contribution is 2.18. The number of hydrogen-bond donors (Lipinski definition) is 1. The van der Waals surface area contributed by atoms with Crippen molar-refractivity contribution in [1.82, 2.24) is 4.98 Å². The van der Waals surface area contributed by atoms with Gasteiger partial charge in [0.05, 0.1) is 17.9 Å². The number of para-hydroxylation sites is 1. The number of ether oxygens (including phenoxy) is 1. The lowest BCUT2D eigenvalue weighted by atomic mass is 10.1. The third kappa shape index (κ3) is 4.73. The number of carbonyl (C=O) groups excluding carboxylic acids is 2. The number of amides is 1.